The van der Waals surface area contributed by atoms with Gasteiger partial charge in [0.25, 0.3) is 5.91 Å². The minimum atomic E-state index is -0.463. The monoisotopic (exact) mass is 492 g/mol. The SMILES string of the molecule is CCOc1cc(/C=C(/C#N)C(=O)NCCCc2ccccc2)cc(Cl)c1OCc1ccccc1F. The van der Waals surface area contributed by atoms with E-state index in [4.69, 9.17) is 21.1 Å². The van der Waals surface area contributed by atoms with Gasteiger partial charge in [0.1, 0.15) is 24.1 Å². The van der Waals surface area contributed by atoms with Crippen LogP contribution < -0.4 is 14.8 Å². The molecule has 7 heteroatoms. The number of ether oxygens (including phenoxy) is 2. The van der Waals surface area contributed by atoms with Gasteiger partial charge in [-0.2, -0.15) is 5.26 Å². The second-order valence-electron chi connectivity index (χ2n) is 7.66. The molecule has 0 spiro atoms. The van der Waals surface area contributed by atoms with Crippen LogP contribution in [-0.2, 0) is 17.8 Å². The largest absolute Gasteiger partial charge is 0.490 e. The number of hydrogen-bond acceptors (Lipinski definition) is 4. The highest BCUT2D eigenvalue weighted by molar-refractivity contribution is 6.32. The summed E-state index contributed by atoms with van der Waals surface area (Å²) < 4.78 is 25.4. The normalized spacial score (nSPS) is 11.0. The van der Waals surface area contributed by atoms with Crippen LogP contribution in [0.2, 0.25) is 5.02 Å². The van der Waals surface area contributed by atoms with E-state index in [1.807, 2.05) is 36.4 Å². The van der Waals surface area contributed by atoms with Gasteiger partial charge in [0.2, 0.25) is 0 Å². The van der Waals surface area contributed by atoms with Gasteiger partial charge < -0.3 is 14.8 Å². The highest BCUT2D eigenvalue weighted by atomic mass is 35.5. The fraction of sp³-hybridized carbons (Fsp3) is 0.214. The number of nitrogens with zero attached hydrogens (tertiary/aromatic N) is 1. The first-order valence-corrected chi connectivity index (χ1v) is 11.7. The number of rotatable bonds is 11. The topological polar surface area (TPSA) is 71.3 Å². The lowest BCUT2D eigenvalue weighted by Crippen LogP contribution is -2.25. The number of carbonyl (C=O) groups is 1. The summed E-state index contributed by atoms with van der Waals surface area (Å²) in [5, 5.41) is 12.5. The van der Waals surface area contributed by atoms with Crippen LogP contribution in [0.4, 0.5) is 4.39 Å². The molecule has 0 saturated carbocycles. The lowest BCUT2D eigenvalue weighted by Gasteiger charge is -2.15. The van der Waals surface area contributed by atoms with E-state index in [-0.39, 0.29) is 28.8 Å². The first-order valence-electron chi connectivity index (χ1n) is 11.3. The van der Waals surface area contributed by atoms with Gasteiger partial charge in [-0.1, -0.05) is 60.1 Å². The Kier molecular flexibility index (Phi) is 9.70. The third-order valence-corrected chi connectivity index (χ3v) is 5.39. The zero-order chi connectivity index (χ0) is 25.0. The van der Waals surface area contributed by atoms with Gasteiger partial charge in [0, 0.05) is 12.1 Å². The Morgan fingerprint density at radius 1 is 1.11 bits per heavy atom. The number of aryl methyl sites for hydroxylation is 1. The highest BCUT2D eigenvalue weighted by Gasteiger charge is 2.15. The van der Waals surface area contributed by atoms with Gasteiger partial charge in [-0.25, -0.2) is 4.39 Å². The quantitative estimate of drug-likeness (QED) is 0.199. The van der Waals surface area contributed by atoms with Crippen molar-refractivity contribution in [3.63, 3.8) is 0 Å². The van der Waals surface area contributed by atoms with E-state index in [0.717, 1.165) is 12.8 Å². The molecule has 1 amide bonds. The number of halogens is 2. The molecule has 0 unspecified atom stereocenters. The highest BCUT2D eigenvalue weighted by Crippen LogP contribution is 2.38. The molecule has 0 aliphatic heterocycles. The molecule has 3 aromatic rings. The van der Waals surface area contributed by atoms with Crippen LogP contribution in [0.1, 0.15) is 30.0 Å². The Hall–Kier alpha value is -3.82. The molecular formula is C28H26ClFN2O3. The second-order valence-corrected chi connectivity index (χ2v) is 8.07. The fourth-order valence-electron chi connectivity index (χ4n) is 3.39. The van der Waals surface area contributed by atoms with Crippen molar-refractivity contribution in [2.75, 3.05) is 13.2 Å². The molecule has 0 fully saturated rings. The Balaban J connectivity index is 1.69. The number of hydrogen-bond donors (Lipinski definition) is 1. The average Bonchev–Trinajstić information content (AvgIpc) is 2.86. The van der Waals surface area contributed by atoms with Gasteiger partial charge in [-0.05, 0) is 55.2 Å². The van der Waals surface area contributed by atoms with Gasteiger partial charge in [-0.15, -0.1) is 0 Å². The summed E-state index contributed by atoms with van der Waals surface area (Å²) in [6.07, 6.45) is 3.03. The van der Waals surface area contributed by atoms with Crippen molar-refractivity contribution in [1.82, 2.24) is 5.32 Å². The minimum absolute atomic E-state index is 0.0313. The molecule has 0 aliphatic rings. The third-order valence-electron chi connectivity index (χ3n) is 5.11. The minimum Gasteiger partial charge on any atom is -0.490 e. The number of amides is 1. The van der Waals surface area contributed by atoms with Crippen LogP contribution in [0.15, 0.2) is 72.3 Å². The van der Waals surface area contributed by atoms with Crippen LogP contribution >= 0.6 is 11.6 Å². The smallest absolute Gasteiger partial charge is 0.261 e. The summed E-state index contributed by atoms with van der Waals surface area (Å²) in [5.41, 5.74) is 2.02. The van der Waals surface area contributed by atoms with Crippen LogP contribution in [0.5, 0.6) is 11.5 Å². The summed E-state index contributed by atoms with van der Waals surface area (Å²) in [4.78, 5) is 12.5. The maximum Gasteiger partial charge on any atom is 0.261 e. The van der Waals surface area contributed by atoms with E-state index in [1.54, 1.807) is 37.3 Å². The Morgan fingerprint density at radius 2 is 1.86 bits per heavy atom. The van der Waals surface area contributed by atoms with Crippen molar-refractivity contribution >= 4 is 23.6 Å². The maximum atomic E-state index is 13.9. The fourth-order valence-corrected chi connectivity index (χ4v) is 3.66. The van der Waals surface area contributed by atoms with Gasteiger partial charge >= 0.3 is 0 Å². The Morgan fingerprint density at radius 3 is 2.57 bits per heavy atom. The Labute approximate surface area is 209 Å². The van der Waals surface area contributed by atoms with Crippen molar-refractivity contribution in [1.29, 1.82) is 5.26 Å². The molecule has 0 aromatic heterocycles. The number of nitriles is 1. The number of nitrogens with one attached hydrogen (secondary N) is 1. The molecule has 0 bridgehead atoms. The standard InChI is InChI=1S/C28H26ClFN2O3/c1-2-34-26-17-21(16-24(29)27(26)35-19-22-12-6-7-13-25(22)30)15-23(18-31)28(33)32-14-8-11-20-9-4-3-5-10-20/h3-7,9-10,12-13,15-17H,2,8,11,14,19H2,1H3,(H,32,33)/b23-15-. The van der Waals surface area contributed by atoms with Crippen LogP contribution in [0.25, 0.3) is 6.08 Å². The molecular weight excluding hydrogens is 467 g/mol. The Bertz CT molecular complexity index is 1220. The molecule has 0 heterocycles. The summed E-state index contributed by atoms with van der Waals surface area (Å²) in [7, 11) is 0. The molecule has 0 radical (unpaired) electrons. The van der Waals surface area contributed by atoms with Crippen molar-refractivity contribution in [2.45, 2.75) is 26.4 Å². The average molecular weight is 493 g/mol. The zero-order valence-corrected chi connectivity index (χ0v) is 20.1. The molecule has 180 valence electrons. The lowest BCUT2D eigenvalue weighted by molar-refractivity contribution is -0.117. The van der Waals surface area contributed by atoms with Gasteiger partial charge in [0.15, 0.2) is 11.5 Å². The van der Waals surface area contributed by atoms with E-state index in [0.29, 0.717) is 30.0 Å². The van der Waals surface area contributed by atoms with Crippen molar-refractivity contribution < 1.29 is 18.7 Å². The molecule has 0 atom stereocenters. The molecule has 3 aromatic carbocycles. The number of benzene rings is 3. The lowest BCUT2D eigenvalue weighted by atomic mass is 10.1. The predicted octanol–water partition coefficient (Wildman–Crippen LogP) is 6.11. The second kappa shape index (κ2) is 13.2. The summed E-state index contributed by atoms with van der Waals surface area (Å²) in [6, 6.07) is 21.4. The van der Waals surface area contributed by atoms with Crippen molar-refractivity contribution in [3.05, 3.63) is 99.8 Å². The van der Waals surface area contributed by atoms with Crippen molar-refractivity contribution in [3.8, 4) is 17.6 Å². The third kappa shape index (κ3) is 7.59. The zero-order valence-electron chi connectivity index (χ0n) is 19.4. The summed E-state index contributed by atoms with van der Waals surface area (Å²) >= 11 is 6.43. The number of carbonyl (C=O) groups excluding carboxylic acids is 1. The molecule has 35 heavy (non-hydrogen) atoms. The first kappa shape index (κ1) is 25.8. The van der Waals surface area contributed by atoms with Gasteiger partial charge in [0.05, 0.1) is 11.6 Å². The van der Waals surface area contributed by atoms with Crippen molar-refractivity contribution in [2.24, 2.45) is 0 Å². The molecule has 3 rings (SSSR count). The van der Waals surface area contributed by atoms with E-state index in [9.17, 15) is 14.4 Å². The van der Waals surface area contributed by atoms with E-state index in [2.05, 4.69) is 5.32 Å². The van der Waals surface area contributed by atoms with Crippen LogP contribution in [0.3, 0.4) is 0 Å². The predicted molar refractivity (Wildman–Crippen MR) is 135 cm³/mol. The van der Waals surface area contributed by atoms with E-state index >= 15 is 0 Å². The molecule has 0 aliphatic carbocycles. The van der Waals surface area contributed by atoms with Gasteiger partial charge in [-0.3, -0.25) is 4.79 Å². The van der Waals surface area contributed by atoms with Crippen LogP contribution in [0, 0.1) is 17.1 Å². The van der Waals surface area contributed by atoms with E-state index in [1.165, 1.54) is 17.7 Å². The first-order chi connectivity index (χ1) is 17.0. The maximum absolute atomic E-state index is 13.9. The summed E-state index contributed by atoms with van der Waals surface area (Å²) in [5.74, 6) is -0.245. The molecule has 5 nitrogen and oxygen atoms in total. The molecule has 1 N–H and O–H groups in total. The molecule has 0 saturated heterocycles. The van der Waals surface area contributed by atoms with Crippen LogP contribution in [-0.4, -0.2) is 19.1 Å². The van der Waals surface area contributed by atoms with E-state index < -0.39 is 5.91 Å². The summed E-state index contributed by atoms with van der Waals surface area (Å²) in [6.45, 7) is 2.56.